The molecule has 0 unspecified atom stereocenters. The molecule has 9 nitrogen and oxygen atoms in total. The molecule has 3 heterocycles. The number of nitrogens with zero attached hydrogens (tertiary/aromatic N) is 3. The minimum Gasteiger partial charge on any atom is -0.486 e. The van der Waals surface area contributed by atoms with Gasteiger partial charge in [-0.1, -0.05) is 0 Å². The quantitative estimate of drug-likeness (QED) is 0.613. The van der Waals surface area contributed by atoms with E-state index in [1.807, 2.05) is 18.2 Å². The number of nitrogen functional groups attached to an aromatic ring is 1. The first-order valence-corrected chi connectivity index (χ1v) is 9.61. The zero-order chi connectivity index (χ0) is 19.2. The Morgan fingerprint density at radius 2 is 1.79 bits per heavy atom. The predicted octanol–water partition coefficient (Wildman–Crippen LogP) is 1.71. The Balaban J connectivity index is 1.34. The number of aromatic nitrogens is 2. The molecule has 4 rings (SSSR count). The van der Waals surface area contributed by atoms with Gasteiger partial charge in [0.05, 0.1) is 13.2 Å². The third kappa shape index (κ3) is 4.55. The van der Waals surface area contributed by atoms with Gasteiger partial charge in [-0.25, -0.2) is 9.97 Å². The molecule has 4 N–H and O–H groups in total. The molecular weight excluding hydrogens is 360 g/mol. The summed E-state index contributed by atoms with van der Waals surface area (Å²) in [6.07, 6.45) is 2.51. The number of hydrogen-bond donors (Lipinski definition) is 3. The first-order valence-electron chi connectivity index (χ1n) is 9.61. The fourth-order valence-electron chi connectivity index (χ4n) is 3.23. The highest BCUT2D eigenvalue weighted by molar-refractivity contribution is 5.78. The number of nitrogens with two attached hydrogens (primary N) is 1. The van der Waals surface area contributed by atoms with Gasteiger partial charge in [-0.2, -0.15) is 0 Å². The molecule has 0 saturated carbocycles. The first-order chi connectivity index (χ1) is 13.8. The van der Waals surface area contributed by atoms with E-state index in [1.54, 1.807) is 0 Å². The monoisotopic (exact) mass is 386 g/mol. The highest BCUT2D eigenvalue weighted by Gasteiger charge is 2.14. The molecule has 2 aliphatic rings. The smallest absolute Gasteiger partial charge is 0.163 e. The van der Waals surface area contributed by atoms with E-state index in [9.17, 15) is 0 Å². The van der Waals surface area contributed by atoms with E-state index in [2.05, 4.69) is 25.5 Å². The molecule has 28 heavy (non-hydrogen) atoms. The van der Waals surface area contributed by atoms with Crippen LogP contribution in [-0.4, -0.2) is 67.5 Å². The molecule has 1 aromatic heterocycles. The molecule has 0 amide bonds. The van der Waals surface area contributed by atoms with Gasteiger partial charge in [0.2, 0.25) is 0 Å². The number of ether oxygens (including phenoxy) is 3. The normalized spacial score (nSPS) is 16.6. The first kappa shape index (κ1) is 18.6. The van der Waals surface area contributed by atoms with E-state index in [4.69, 9.17) is 19.9 Å². The van der Waals surface area contributed by atoms with Crippen molar-refractivity contribution in [2.24, 2.45) is 0 Å². The van der Waals surface area contributed by atoms with Crippen LogP contribution in [0.1, 0.15) is 6.42 Å². The van der Waals surface area contributed by atoms with Gasteiger partial charge in [0.15, 0.2) is 23.1 Å². The summed E-state index contributed by atoms with van der Waals surface area (Å²) in [6.45, 7) is 6.58. The molecule has 0 spiro atoms. The lowest BCUT2D eigenvalue weighted by Gasteiger charge is -2.26. The number of benzene rings is 1. The number of hydrogen-bond acceptors (Lipinski definition) is 9. The van der Waals surface area contributed by atoms with Gasteiger partial charge >= 0.3 is 0 Å². The van der Waals surface area contributed by atoms with Gasteiger partial charge in [0, 0.05) is 31.4 Å². The fourth-order valence-corrected chi connectivity index (χ4v) is 3.23. The summed E-state index contributed by atoms with van der Waals surface area (Å²) in [7, 11) is 0. The third-order valence-corrected chi connectivity index (χ3v) is 4.74. The van der Waals surface area contributed by atoms with Crippen molar-refractivity contribution >= 4 is 23.0 Å². The van der Waals surface area contributed by atoms with Gasteiger partial charge in [0.1, 0.15) is 25.2 Å². The van der Waals surface area contributed by atoms with Crippen LogP contribution in [0.2, 0.25) is 0 Å². The fraction of sp³-hybridized carbons (Fsp3) is 0.474. The topological polar surface area (TPSA) is 107 Å². The highest BCUT2D eigenvalue weighted by Crippen LogP contribution is 2.34. The Morgan fingerprint density at radius 3 is 2.64 bits per heavy atom. The van der Waals surface area contributed by atoms with Crippen molar-refractivity contribution in [2.45, 2.75) is 6.42 Å². The Morgan fingerprint density at radius 1 is 1.00 bits per heavy atom. The summed E-state index contributed by atoms with van der Waals surface area (Å²) >= 11 is 0. The lowest BCUT2D eigenvalue weighted by Crippen LogP contribution is -2.37. The van der Waals surface area contributed by atoms with Crippen molar-refractivity contribution in [3.05, 3.63) is 24.5 Å². The summed E-state index contributed by atoms with van der Waals surface area (Å²) in [5, 5.41) is 6.54. The summed E-state index contributed by atoms with van der Waals surface area (Å²) in [5.41, 5.74) is 7.58. The molecule has 0 aliphatic carbocycles. The second-order valence-electron chi connectivity index (χ2n) is 6.70. The molecule has 9 heteroatoms. The van der Waals surface area contributed by atoms with E-state index in [0.29, 0.717) is 36.3 Å². The second kappa shape index (κ2) is 8.94. The maximum absolute atomic E-state index is 6.26. The van der Waals surface area contributed by atoms with E-state index in [0.717, 1.165) is 57.3 Å². The van der Waals surface area contributed by atoms with Crippen LogP contribution in [0.3, 0.4) is 0 Å². The summed E-state index contributed by atoms with van der Waals surface area (Å²) in [4.78, 5) is 10.9. The summed E-state index contributed by atoms with van der Waals surface area (Å²) < 4.78 is 16.5. The standard InChI is InChI=1S/C19H26N6O3/c20-17-18(21-4-1-5-25-6-8-26-9-7-25)22-13-23-19(17)24-14-2-3-15-16(12-14)28-11-10-27-15/h2-3,12-13H,1,4-11,20H2,(H2,21,22,23,24). The van der Waals surface area contributed by atoms with Crippen molar-refractivity contribution in [2.75, 3.05) is 69.0 Å². The van der Waals surface area contributed by atoms with Crippen molar-refractivity contribution < 1.29 is 14.2 Å². The molecule has 0 atom stereocenters. The largest absolute Gasteiger partial charge is 0.486 e. The number of nitrogens with one attached hydrogen (secondary N) is 2. The number of anilines is 4. The number of rotatable bonds is 7. The van der Waals surface area contributed by atoms with Crippen LogP contribution in [0.5, 0.6) is 11.5 Å². The van der Waals surface area contributed by atoms with Crippen molar-refractivity contribution in [1.29, 1.82) is 0 Å². The molecule has 2 aliphatic heterocycles. The average Bonchev–Trinajstić information content (AvgIpc) is 2.74. The molecule has 1 saturated heterocycles. The second-order valence-corrected chi connectivity index (χ2v) is 6.70. The van der Waals surface area contributed by atoms with Gasteiger partial charge in [-0.05, 0) is 25.1 Å². The van der Waals surface area contributed by atoms with Gasteiger partial charge in [-0.15, -0.1) is 0 Å². The molecular formula is C19H26N6O3. The van der Waals surface area contributed by atoms with Crippen LogP contribution in [0.4, 0.5) is 23.0 Å². The van der Waals surface area contributed by atoms with Crippen LogP contribution < -0.4 is 25.8 Å². The van der Waals surface area contributed by atoms with E-state index >= 15 is 0 Å². The van der Waals surface area contributed by atoms with Gasteiger partial charge in [0.25, 0.3) is 0 Å². The summed E-state index contributed by atoms with van der Waals surface area (Å²) in [5.74, 6) is 2.65. The zero-order valence-corrected chi connectivity index (χ0v) is 15.8. The van der Waals surface area contributed by atoms with Crippen molar-refractivity contribution in [1.82, 2.24) is 14.9 Å². The van der Waals surface area contributed by atoms with Gasteiger partial charge < -0.3 is 30.6 Å². The van der Waals surface area contributed by atoms with Crippen LogP contribution in [0.15, 0.2) is 24.5 Å². The maximum atomic E-state index is 6.26. The van der Waals surface area contributed by atoms with Crippen molar-refractivity contribution in [3.8, 4) is 11.5 Å². The van der Waals surface area contributed by atoms with E-state index in [1.165, 1.54) is 6.33 Å². The minimum absolute atomic E-state index is 0.490. The van der Waals surface area contributed by atoms with Crippen LogP contribution >= 0.6 is 0 Å². The van der Waals surface area contributed by atoms with Crippen LogP contribution in [0, 0.1) is 0 Å². The average molecular weight is 386 g/mol. The zero-order valence-electron chi connectivity index (χ0n) is 15.8. The Labute approximate surface area is 164 Å². The Kier molecular flexibility index (Phi) is 5.93. The van der Waals surface area contributed by atoms with Gasteiger partial charge in [-0.3, -0.25) is 4.90 Å². The van der Waals surface area contributed by atoms with Crippen molar-refractivity contribution in [3.63, 3.8) is 0 Å². The Bertz CT molecular complexity index is 797. The molecule has 0 radical (unpaired) electrons. The highest BCUT2D eigenvalue weighted by atomic mass is 16.6. The predicted molar refractivity (Wildman–Crippen MR) is 108 cm³/mol. The lowest BCUT2D eigenvalue weighted by molar-refractivity contribution is 0.0378. The molecule has 0 bridgehead atoms. The maximum Gasteiger partial charge on any atom is 0.163 e. The Hall–Kier alpha value is -2.78. The molecule has 1 aromatic carbocycles. The summed E-state index contributed by atoms with van der Waals surface area (Å²) in [6, 6.07) is 5.66. The number of morpholine rings is 1. The molecule has 1 fully saturated rings. The SMILES string of the molecule is Nc1c(NCCCN2CCOCC2)ncnc1Nc1ccc2c(c1)OCCO2. The molecule has 150 valence electrons. The van der Waals surface area contributed by atoms with E-state index in [-0.39, 0.29) is 0 Å². The lowest BCUT2D eigenvalue weighted by atomic mass is 10.2. The van der Waals surface area contributed by atoms with Crippen LogP contribution in [-0.2, 0) is 4.74 Å². The number of fused-ring (bicyclic) bond motifs is 1. The molecule has 2 aromatic rings. The van der Waals surface area contributed by atoms with E-state index < -0.39 is 0 Å². The van der Waals surface area contributed by atoms with Crippen LogP contribution in [0.25, 0.3) is 0 Å². The minimum atomic E-state index is 0.490. The third-order valence-electron chi connectivity index (χ3n) is 4.74.